The zero-order valence-corrected chi connectivity index (χ0v) is 15.4. The van der Waals surface area contributed by atoms with Crippen molar-refractivity contribution >= 4 is 11.5 Å². The van der Waals surface area contributed by atoms with Gasteiger partial charge in [0.05, 0.1) is 12.0 Å². The van der Waals surface area contributed by atoms with Gasteiger partial charge in [-0.3, -0.25) is 0 Å². The Hall–Kier alpha value is -1.91. The van der Waals surface area contributed by atoms with Crippen molar-refractivity contribution in [1.82, 2.24) is 15.0 Å². The molecule has 0 fully saturated rings. The van der Waals surface area contributed by atoms with E-state index in [1.54, 1.807) is 0 Å². The van der Waals surface area contributed by atoms with E-state index in [0.29, 0.717) is 24.8 Å². The Labute approximate surface area is 158 Å². The predicted octanol–water partition coefficient (Wildman–Crippen LogP) is 4.29. The van der Waals surface area contributed by atoms with E-state index < -0.39 is 30.4 Å². The summed E-state index contributed by atoms with van der Waals surface area (Å²) < 4.78 is 76.6. The van der Waals surface area contributed by atoms with E-state index in [4.69, 9.17) is 0 Å². The number of hydrogen-bond acceptors (Lipinski definition) is 5. The molecule has 0 saturated heterocycles. The molecule has 5 nitrogen and oxygen atoms in total. The van der Waals surface area contributed by atoms with Crippen molar-refractivity contribution in [2.75, 3.05) is 5.32 Å². The monoisotopic (exact) mass is 412 g/mol. The average Bonchev–Trinajstić information content (AvgIpc) is 2.57. The Morgan fingerprint density at radius 2 is 1.79 bits per heavy atom. The molecular formula is C17H22F6N4O. The second-order valence-electron chi connectivity index (χ2n) is 6.94. The van der Waals surface area contributed by atoms with Gasteiger partial charge in [0.2, 0.25) is 5.95 Å². The Morgan fingerprint density at radius 3 is 2.36 bits per heavy atom. The van der Waals surface area contributed by atoms with Crippen LogP contribution < -0.4 is 5.32 Å². The van der Waals surface area contributed by atoms with Crippen LogP contribution in [-0.4, -0.2) is 44.6 Å². The smallest absolute Gasteiger partial charge is 0.389 e. The Bertz CT molecular complexity index is 704. The lowest BCUT2D eigenvalue weighted by atomic mass is 9.97. The molecule has 11 heteroatoms. The van der Waals surface area contributed by atoms with Crippen molar-refractivity contribution in [3.63, 3.8) is 0 Å². The summed E-state index contributed by atoms with van der Waals surface area (Å²) in [5.74, 6) is -1.92. The first-order valence-electron chi connectivity index (χ1n) is 8.90. The molecule has 1 heterocycles. The molecule has 28 heavy (non-hydrogen) atoms. The third-order valence-electron chi connectivity index (χ3n) is 4.50. The van der Waals surface area contributed by atoms with Crippen LogP contribution in [0.1, 0.15) is 51.2 Å². The quantitative estimate of drug-likeness (QED) is 0.682. The van der Waals surface area contributed by atoms with E-state index in [9.17, 15) is 31.4 Å². The maximum absolute atomic E-state index is 12.8. The lowest BCUT2D eigenvalue weighted by Gasteiger charge is -2.20. The van der Waals surface area contributed by atoms with Gasteiger partial charge in [-0.15, -0.1) is 0 Å². The minimum atomic E-state index is -4.54. The van der Waals surface area contributed by atoms with Gasteiger partial charge in [-0.1, -0.05) is 6.92 Å². The minimum absolute atomic E-state index is 0.0288. The number of hydrogen-bond donors (Lipinski definition) is 2. The van der Waals surface area contributed by atoms with Crippen LogP contribution in [0, 0.1) is 5.92 Å². The summed E-state index contributed by atoms with van der Waals surface area (Å²) in [4.78, 5) is 12.0. The number of anilines is 1. The highest BCUT2D eigenvalue weighted by Crippen LogP contribution is 2.30. The maximum Gasteiger partial charge on any atom is 0.408 e. The number of nitrogens with one attached hydrogen (secondary N) is 1. The number of aryl methyl sites for hydroxylation is 1. The summed E-state index contributed by atoms with van der Waals surface area (Å²) in [7, 11) is 0. The highest BCUT2D eigenvalue weighted by molar-refractivity contribution is 5.61. The number of aliphatic hydroxyl groups excluding tert-OH is 1. The van der Waals surface area contributed by atoms with Gasteiger partial charge in [-0.25, -0.2) is 4.98 Å². The van der Waals surface area contributed by atoms with Crippen LogP contribution in [0.4, 0.5) is 32.3 Å². The Balaban J connectivity index is 2.30. The van der Waals surface area contributed by atoms with Crippen molar-refractivity contribution < 1.29 is 31.4 Å². The Kier molecular flexibility index (Phi) is 6.89. The van der Waals surface area contributed by atoms with Gasteiger partial charge in [0.1, 0.15) is 11.9 Å². The normalized spacial score (nSPS) is 20.5. The summed E-state index contributed by atoms with van der Waals surface area (Å²) in [5.41, 5.74) is 0.536. The molecule has 3 atom stereocenters. The van der Waals surface area contributed by atoms with E-state index in [-0.39, 0.29) is 30.4 Å². The largest absolute Gasteiger partial charge is 0.408 e. The van der Waals surface area contributed by atoms with Crippen molar-refractivity contribution in [2.45, 2.75) is 70.4 Å². The van der Waals surface area contributed by atoms with Crippen molar-refractivity contribution in [3.05, 3.63) is 17.7 Å². The summed E-state index contributed by atoms with van der Waals surface area (Å²) in [6, 6.07) is -1.95. The van der Waals surface area contributed by atoms with Crippen molar-refractivity contribution in [1.29, 1.82) is 0 Å². The molecule has 1 aromatic rings. The number of rotatable bonds is 6. The van der Waals surface area contributed by atoms with Gasteiger partial charge in [-0.2, -0.15) is 36.3 Å². The molecule has 0 aromatic carbocycles. The second kappa shape index (κ2) is 8.62. The SMILES string of the molecule is C[C@@H](CCc1nc(N[C@H](C)C(F)(F)F)nc(C2=C[C@@H](O)CCC2)n1)C(F)(F)F. The van der Waals surface area contributed by atoms with Gasteiger partial charge in [0.15, 0.2) is 5.82 Å². The second-order valence-corrected chi connectivity index (χ2v) is 6.94. The molecule has 0 amide bonds. The summed E-state index contributed by atoms with van der Waals surface area (Å²) in [6.45, 7) is 1.91. The molecule has 0 bridgehead atoms. The third kappa shape index (κ3) is 6.32. The first kappa shape index (κ1) is 22.4. The third-order valence-corrected chi connectivity index (χ3v) is 4.50. The van der Waals surface area contributed by atoms with Crippen LogP contribution >= 0.6 is 0 Å². The highest BCUT2D eigenvalue weighted by atomic mass is 19.4. The molecule has 1 aliphatic carbocycles. The lowest BCUT2D eigenvalue weighted by Crippen LogP contribution is -2.34. The highest BCUT2D eigenvalue weighted by Gasteiger charge is 2.37. The summed E-state index contributed by atoms with van der Waals surface area (Å²) in [5, 5.41) is 11.9. The van der Waals surface area contributed by atoms with Crippen LogP contribution in [0.15, 0.2) is 6.08 Å². The molecule has 0 radical (unpaired) electrons. The molecule has 0 spiro atoms. The van der Waals surface area contributed by atoms with Gasteiger partial charge in [0, 0.05) is 6.42 Å². The van der Waals surface area contributed by atoms with Crippen LogP contribution in [0.3, 0.4) is 0 Å². The molecule has 158 valence electrons. The Morgan fingerprint density at radius 1 is 1.11 bits per heavy atom. The lowest BCUT2D eigenvalue weighted by molar-refractivity contribution is -0.171. The summed E-state index contributed by atoms with van der Waals surface area (Å²) in [6.07, 6.45) is -6.91. The molecule has 2 rings (SSSR count). The first-order chi connectivity index (χ1) is 12.9. The number of aromatic nitrogens is 3. The maximum atomic E-state index is 12.8. The van der Waals surface area contributed by atoms with E-state index in [1.807, 2.05) is 0 Å². The number of nitrogens with zero attached hydrogens (tertiary/aromatic N) is 3. The molecule has 1 aromatic heterocycles. The molecule has 2 N–H and O–H groups in total. The van der Waals surface area contributed by atoms with Crippen molar-refractivity contribution in [3.8, 4) is 0 Å². The number of allylic oxidation sites excluding steroid dienone is 1. The number of halogens is 6. The zero-order valence-electron chi connectivity index (χ0n) is 15.4. The molecule has 1 aliphatic rings. The van der Waals surface area contributed by atoms with Crippen molar-refractivity contribution in [2.24, 2.45) is 5.92 Å². The van der Waals surface area contributed by atoms with Gasteiger partial charge in [0.25, 0.3) is 0 Å². The molecule has 0 saturated carbocycles. The molecule has 0 aliphatic heterocycles. The van der Waals surface area contributed by atoms with Crippen LogP contribution in [0.5, 0.6) is 0 Å². The van der Waals surface area contributed by atoms with Gasteiger partial charge < -0.3 is 10.4 Å². The van der Waals surface area contributed by atoms with Crippen LogP contribution in [0.25, 0.3) is 5.57 Å². The van der Waals surface area contributed by atoms with E-state index in [2.05, 4.69) is 20.3 Å². The molecule has 0 unspecified atom stereocenters. The fourth-order valence-electron chi connectivity index (χ4n) is 2.61. The van der Waals surface area contributed by atoms with Gasteiger partial charge in [-0.05, 0) is 44.3 Å². The first-order valence-corrected chi connectivity index (χ1v) is 8.90. The fraction of sp³-hybridized carbons (Fsp3) is 0.706. The number of alkyl halides is 6. The summed E-state index contributed by atoms with van der Waals surface area (Å²) >= 11 is 0. The van der Waals surface area contributed by atoms with Crippen LogP contribution in [0.2, 0.25) is 0 Å². The number of aliphatic hydroxyl groups is 1. The van der Waals surface area contributed by atoms with Crippen LogP contribution in [-0.2, 0) is 6.42 Å². The minimum Gasteiger partial charge on any atom is -0.389 e. The fourth-order valence-corrected chi connectivity index (χ4v) is 2.61. The standard InChI is InChI=1S/C17H22F6N4O/c1-9(16(18,19)20)6-7-13-25-14(11-4-3-5-12(28)8-11)27-15(26-13)24-10(2)17(21,22)23/h8-10,12,28H,3-7H2,1-2H3,(H,24,25,26,27)/t9-,10+,12-/m0/s1. The zero-order chi connectivity index (χ0) is 21.1. The predicted molar refractivity (Wildman–Crippen MR) is 90.3 cm³/mol. The topological polar surface area (TPSA) is 70.9 Å². The average molecular weight is 412 g/mol. The molecular weight excluding hydrogens is 390 g/mol. The van der Waals surface area contributed by atoms with E-state index in [0.717, 1.165) is 13.8 Å². The van der Waals surface area contributed by atoms with Gasteiger partial charge >= 0.3 is 12.4 Å². The van der Waals surface area contributed by atoms with E-state index in [1.165, 1.54) is 6.08 Å². The van der Waals surface area contributed by atoms with E-state index >= 15 is 0 Å².